The molecular weight excluding hydrogens is 516 g/mol. The molecule has 0 saturated heterocycles. The van der Waals surface area contributed by atoms with Crippen LogP contribution in [0, 0.1) is 0 Å². The zero-order valence-electron chi connectivity index (χ0n) is 25.1. The maximum Gasteiger partial charge on any atom is 0.219 e. The van der Waals surface area contributed by atoms with Gasteiger partial charge < -0.3 is 9.47 Å². The van der Waals surface area contributed by atoms with Gasteiger partial charge in [-0.3, -0.25) is 0 Å². The summed E-state index contributed by atoms with van der Waals surface area (Å²) in [6.07, 6.45) is 3.63. The van der Waals surface area contributed by atoms with E-state index >= 15 is 0 Å². The Hall–Kier alpha value is -4.70. The van der Waals surface area contributed by atoms with Crippen molar-refractivity contribution in [2.24, 2.45) is 0 Å². The normalized spacial score (nSPS) is 12.0. The second-order valence-corrected chi connectivity index (χ2v) is 12.9. The quantitative estimate of drug-likeness (QED) is 0.213. The molecule has 0 spiro atoms. The van der Waals surface area contributed by atoms with Crippen LogP contribution in [0.25, 0.3) is 32.7 Å². The van der Waals surface area contributed by atoms with E-state index in [1.54, 1.807) is 0 Å². The Balaban J connectivity index is 1.46. The Morgan fingerprint density at radius 3 is 1.29 bits per heavy atom. The second kappa shape index (κ2) is 10.6. The molecule has 0 aliphatic heterocycles. The molecule has 0 radical (unpaired) electrons. The first-order valence-electron chi connectivity index (χ1n) is 14.4. The van der Waals surface area contributed by atoms with Crippen LogP contribution in [0.2, 0.25) is 0 Å². The summed E-state index contributed by atoms with van der Waals surface area (Å²) >= 11 is 0. The number of nitrogens with zero attached hydrogens (tertiary/aromatic N) is 2. The largest absolute Gasteiger partial charge is 0.438 e. The molecular formula is C38H36N2O2. The van der Waals surface area contributed by atoms with E-state index in [2.05, 4.69) is 112 Å². The summed E-state index contributed by atoms with van der Waals surface area (Å²) in [5, 5.41) is 4.24. The standard InChI is InChI=1S/C38H36N2O2/c1-37(2,3)29-15-17-39-35(23-29)41-33-21-27(19-25-11-7-9-13-31(25)33)28-20-26-12-8-10-14-32(26)34(22-28)42-36-24-30(16-18-40-36)38(4,5)6/h7-24H,1-6H3. The van der Waals surface area contributed by atoms with Gasteiger partial charge >= 0.3 is 0 Å². The van der Waals surface area contributed by atoms with Crippen molar-refractivity contribution >= 4 is 21.5 Å². The molecule has 0 unspecified atom stereocenters. The fourth-order valence-corrected chi connectivity index (χ4v) is 5.14. The predicted molar refractivity (Wildman–Crippen MR) is 173 cm³/mol. The Morgan fingerprint density at radius 2 is 0.881 bits per heavy atom. The molecule has 42 heavy (non-hydrogen) atoms. The second-order valence-electron chi connectivity index (χ2n) is 12.9. The molecule has 0 fully saturated rings. The molecule has 6 aromatic rings. The first-order valence-corrected chi connectivity index (χ1v) is 14.4. The molecule has 4 aromatic carbocycles. The van der Waals surface area contributed by atoms with E-state index in [4.69, 9.17) is 9.47 Å². The van der Waals surface area contributed by atoms with Crippen LogP contribution >= 0.6 is 0 Å². The van der Waals surface area contributed by atoms with Crippen molar-refractivity contribution in [3.63, 3.8) is 0 Å². The maximum atomic E-state index is 6.50. The summed E-state index contributed by atoms with van der Waals surface area (Å²) in [7, 11) is 0. The van der Waals surface area contributed by atoms with Gasteiger partial charge in [0.25, 0.3) is 0 Å². The highest BCUT2D eigenvalue weighted by atomic mass is 16.5. The van der Waals surface area contributed by atoms with Gasteiger partial charge in [-0.05, 0) is 80.3 Å². The van der Waals surface area contributed by atoms with E-state index < -0.39 is 0 Å². The molecule has 0 aliphatic rings. The Labute approximate surface area is 248 Å². The van der Waals surface area contributed by atoms with Crippen molar-refractivity contribution in [1.29, 1.82) is 0 Å². The lowest BCUT2D eigenvalue weighted by molar-refractivity contribution is 0.463. The van der Waals surface area contributed by atoms with Crippen molar-refractivity contribution in [2.75, 3.05) is 0 Å². The number of fused-ring (bicyclic) bond motifs is 2. The number of benzene rings is 4. The highest BCUT2D eigenvalue weighted by Gasteiger charge is 2.18. The van der Waals surface area contributed by atoms with Crippen molar-refractivity contribution in [3.05, 3.63) is 121 Å². The molecule has 0 bridgehead atoms. The van der Waals surface area contributed by atoms with Gasteiger partial charge in [-0.1, -0.05) is 90.1 Å². The van der Waals surface area contributed by atoms with Gasteiger partial charge in [-0.15, -0.1) is 0 Å². The topological polar surface area (TPSA) is 44.2 Å². The van der Waals surface area contributed by atoms with Crippen LogP contribution in [0.15, 0.2) is 109 Å². The molecule has 2 heterocycles. The average molecular weight is 553 g/mol. The van der Waals surface area contributed by atoms with E-state index in [-0.39, 0.29) is 10.8 Å². The number of aromatic nitrogens is 2. The summed E-state index contributed by atoms with van der Waals surface area (Å²) in [5.74, 6) is 2.68. The van der Waals surface area contributed by atoms with Crippen LogP contribution in [0.5, 0.6) is 23.3 Å². The molecule has 0 amide bonds. The summed E-state index contributed by atoms with van der Waals surface area (Å²) in [6.45, 7) is 13.1. The first kappa shape index (κ1) is 27.5. The predicted octanol–water partition coefficient (Wildman–Crippen LogP) is 10.6. The Kier molecular flexibility index (Phi) is 6.94. The zero-order chi connectivity index (χ0) is 29.5. The molecule has 210 valence electrons. The smallest absolute Gasteiger partial charge is 0.219 e. The van der Waals surface area contributed by atoms with Crippen molar-refractivity contribution < 1.29 is 9.47 Å². The van der Waals surface area contributed by atoms with E-state index in [0.29, 0.717) is 11.8 Å². The summed E-state index contributed by atoms with van der Waals surface area (Å²) < 4.78 is 13.0. The van der Waals surface area contributed by atoms with Crippen LogP contribution in [0.1, 0.15) is 52.7 Å². The lowest BCUT2D eigenvalue weighted by Crippen LogP contribution is -2.11. The summed E-state index contributed by atoms with van der Waals surface area (Å²) in [5.41, 5.74) is 4.40. The van der Waals surface area contributed by atoms with Crippen LogP contribution < -0.4 is 9.47 Å². The summed E-state index contributed by atoms with van der Waals surface area (Å²) in [6, 6.07) is 33.3. The van der Waals surface area contributed by atoms with Crippen molar-refractivity contribution in [1.82, 2.24) is 9.97 Å². The number of pyridine rings is 2. The highest BCUT2D eigenvalue weighted by Crippen LogP contribution is 2.40. The molecule has 0 atom stereocenters. The van der Waals surface area contributed by atoms with E-state index in [1.165, 1.54) is 11.1 Å². The molecule has 4 nitrogen and oxygen atoms in total. The zero-order valence-corrected chi connectivity index (χ0v) is 25.1. The van der Waals surface area contributed by atoms with E-state index in [9.17, 15) is 0 Å². The van der Waals surface area contributed by atoms with Gasteiger partial charge in [0, 0.05) is 35.3 Å². The number of rotatable bonds is 5. The third-order valence-corrected chi connectivity index (χ3v) is 7.61. The molecule has 0 saturated carbocycles. The van der Waals surface area contributed by atoms with Gasteiger partial charge in [0.15, 0.2) is 0 Å². The number of hydrogen-bond acceptors (Lipinski definition) is 4. The first-order chi connectivity index (χ1) is 20.0. The fraction of sp³-hybridized carbons (Fsp3) is 0.211. The third-order valence-electron chi connectivity index (χ3n) is 7.61. The molecule has 4 heteroatoms. The minimum absolute atomic E-state index is 0.00623. The van der Waals surface area contributed by atoms with Crippen molar-refractivity contribution in [2.45, 2.75) is 52.4 Å². The van der Waals surface area contributed by atoms with Crippen LogP contribution in [-0.2, 0) is 10.8 Å². The van der Waals surface area contributed by atoms with Crippen LogP contribution in [-0.4, -0.2) is 9.97 Å². The minimum atomic E-state index is -0.00623. The number of ether oxygens (including phenoxy) is 2. The fourth-order valence-electron chi connectivity index (χ4n) is 5.14. The van der Waals surface area contributed by atoms with Crippen LogP contribution in [0.4, 0.5) is 0 Å². The minimum Gasteiger partial charge on any atom is -0.438 e. The number of hydrogen-bond donors (Lipinski definition) is 0. The van der Waals surface area contributed by atoms with E-state index in [0.717, 1.165) is 44.2 Å². The monoisotopic (exact) mass is 552 g/mol. The van der Waals surface area contributed by atoms with Gasteiger partial charge in [-0.2, -0.15) is 0 Å². The molecule has 0 aliphatic carbocycles. The van der Waals surface area contributed by atoms with Gasteiger partial charge in [0.1, 0.15) is 11.5 Å². The van der Waals surface area contributed by atoms with Crippen LogP contribution in [0.3, 0.4) is 0 Å². The van der Waals surface area contributed by atoms with Gasteiger partial charge in [0.05, 0.1) is 0 Å². The van der Waals surface area contributed by atoms with Gasteiger partial charge in [-0.25, -0.2) is 9.97 Å². The lowest BCUT2D eigenvalue weighted by atomic mass is 9.88. The van der Waals surface area contributed by atoms with E-state index in [1.807, 2.05) is 48.8 Å². The highest BCUT2D eigenvalue weighted by molar-refractivity contribution is 5.97. The third kappa shape index (κ3) is 5.71. The molecule has 6 rings (SSSR count). The Bertz CT molecular complexity index is 1770. The maximum absolute atomic E-state index is 6.50. The Morgan fingerprint density at radius 1 is 0.476 bits per heavy atom. The molecule has 2 aromatic heterocycles. The SMILES string of the molecule is CC(C)(C)c1ccnc(Oc2cc(-c3cc(Oc4cc(C(C)(C)C)ccn4)c4ccccc4c3)cc3ccccc23)c1. The average Bonchev–Trinajstić information content (AvgIpc) is 2.96. The van der Waals surface area contributed by atoms with Gasteiger partial charge in [0.2, 0.25) is 11.8 Å². The lowest BCUT2D eigenvalue weighted by Gasteiger charge is -2.20. The van der Waals surface area contributed by atoms with Crippen molar-refractivity contribution in [3.8, 4) is 34.4 Å². The molecule has 0 N–H and O–H groups in total. The summed E-state index contributed by atoms with van der Waals surface area (Å²) in [4.78, 5) is 9.07.